The largest absolute Gasteiger partial charge is 0.497 e. The lowest BCUT2D eigenvalue weighted by Crippen LogP contribution is -2.46. The molecular weight excluding hydrogens is 270 g/mol. The molecule has 0 aromatic heterocycles. The van der Waals surface area contributed by atoms with Crippen molar-refractivity contribution in [2.24, 2.45) is 5.41 Å². The molecule has 0 N–H and O–H groups in total. The van der Waals surface area contributed by atoms with Crippen molar-refractivity contribution in [2.75, 3.05) is 13.7 Å². The van der Waals surface area contributed by atoms with Gasteiger partial charge in [-0.1, -0.05) is 32.9 Å². The lowest BCUT2D eigenvalue weighted by atomic mass is 9.86. The highest BCUT2D eigenvalue weighted by Gasteiger charge is 2.43. The number of carbonyl (C=O) groups is 2. The summed E-state index contributed by atoms with van der Waals surface area (Å²) in [5.41, 5.74) is 0.634. The molecule has 1 aliphatic rings. The molecule has 0 radical (unpaired) electrons. The number of benzene rings is 1. The first kappa shape index (κ1) is 15.4. The summed E-state index contributed by atoms with van der Waals surface area (Å²) in [4.78, 5) is 25.5. The van der Waals surface area contributed by atoms with Crippen LogP contribution in [0.25, 0.3) is 0 Å². The number of cyclic esters (lactones) is 1. The first-order valence-corrected chi connectivity index (χ1v) is 6.94. The van der Waals surface area contributed by atoms with Crippen LogP contribution in [0.1, 0.15) is 26.3 Å². The molecule has 2 amide bonds. The molecule has 5 nitrogen and oxygen atoms in total. The highest BCUT2D eigenvalue weighted by molar-refractivity contribution is 5.94. The molecule has 1 heterocycles. The molecule has 1 aliphatic heterocycles. The Hall–Kier alpha value is -2.04. The van der Waals surface area contributed by atoms with Gasteiger partial charge >= 0.3 is 6.09 Å². The minimum absolute atomic E-state index is 0.172. The molecule has 0 bridgehead atoms. The van der Waals surface area contributed by atoms with Crippen LogP contribution in [0, 0.1) is 5.41 Å². The third kappa shape index (κ3) is 3.35. The Labute approximate surface area is 124 Å². The summed E-state index contributed by atoms with van der Waals surface area (Å²) < 4.78 is 10.1. The zero-order chi connectivity index (χ0) is 15.6. The molecule has 1 saturated heterocycles. The van der Waals surface area contributed by atoms with Gasteiger partial charge in [0.25, 0.3) is 0 Å². The fourth-order valence-electron chi connectivity index (χ4n) is 2.34. The van der Waals surface area contributed by atoms with Crippen molar-refractivity contribution in [1.82, 2.24) is 4.90 Å². The summed E-state index contributed by atoms with van der Waals surface area (Å²) in [6.45, 7) is 6.24. The molecule has 1 aromatic carbocycles. The van der Waals surface area contributed by atoms with Gasteiger partial charge < -0.3 is 9.47 Å². The average molecular weight is 291 g/mol. The van der Waals surface area contributed by atoms with Crippen LogP contribution in [0.3, 0.4) is 0 Å². The van der Waals surface area contributed by atoms with E-state index in [1.807, 2.05) is 32.9 Å². The predicted octanol–water partition coefficient (Wildman–Crippen LogP) is 2.63. The maximum Gasteiger partial charge on any atom is 0.417 e. The van der Waals surface area contributed by atoms with Gasteiger partial charge in [-0.2, -0.15) is 0 Å². The van der Waals surface area contributed by atoms with Crippen molar-refractivity contribution in [3.05, 3.63) is 29.8 Å². The summed E-state index contributed by atoms with van der Waals surface area (Å²) in [5.74, 6) is 0.502. The second-order valence-electron chi connectivity index (χ2n) is 6.25. The molecule has 21 heavy (non-hydrogen) atoms. The van der Waals surface area contributed by atoms with E-state index in [2.05, 4.69) is 0 Å². The Morgan fingerprint density at radius 1 is 1.33 bits per heavy atom. The van der Waals surface area contributed by atoms with E-state index in [9.17, 15) is 9.59 Å². The van der Waals surface area contributed by atoms with Gasteiger partial charge in [0, 0.05) is 0 Å². The second kappa shape index (κ2) is 5.76. The molecule has 0 spiro atoms. The quantitative estimate of drug-likeness (QED) is 0.859. The second-order valence-corrected chi connectivity index (χ2v) is 6.25. The minimum atomic E-state index is -0.548. The van der Waals surface area contributed by atoms with Crippen LogP contribution in [0.5, 0.6) is 5.75 Å². The Balaban J connectivity index is 2.12. The number of hydrogen-bond donors (Lipinski definition) is 0. The fourth-order valence-corrected chi connectivity index (χ4v) is 2.34. The summed E-state index contributed by atoms with van der Waals surface area (Å²) in [5, 5.41) is 0. The molecule has 1 aromatic rings. The number of hydrogen-bond acceptors (Lipinski definition) is 4. The number of carbonyl (C=O) groups excluding carboxylic acids is 2. The Bertz CT molecular complexity index is 530. The van der Waals surface area contributed by atoms with Gasteiger partial charge in [-0.05, 0) is 23.1 Å². The number of methoxy groups -OCH3 is 1. The van der Waals surface area contributed by atoms with E-state index in [0.717, 1.165) is 11.3 Å². The molecule has 5 heteroatoms. The van der Waals surface area contributed by atoms with E-state index in [-0.39, 0.29) is 30.4 Å². The van der Waals surface area contributed by atoms with E-state index < -0.39 is 6.09 Å². The molecule has 0 unspecified atom stereocenters. The molecule has 1 atom stereocenters. The van der Waals surface area contributed by atoms with Gasteiger partial charge in [-0.25, -0.2) is 9.69 Å². The number of amides is 2. The van der Waals surface area contributed by atoms with Crippen molar-refractivity contribution in [3.8, 4) is 5.75 Å². The van der Waals surface area contributed by atoms with Crippen LogP contribution in [0.2, 0.25) is 0 Å². The minimum Gasteiger partial charge on any atom is -0.497 e. The van der Waals surface area contributed by atoms with E-state index in [4.69, 9.17) is 9.47 Å². The normalized spacial score (nSPS) is 18.6. The van der Waals surface area contributed by atoms with E-state index >= 15 is 0 Å². The third-order valence-corrected chi connectivity index (χ3v) is 3.66. The van der Waals surface area contributed by atoms with Crippen LogP contribution in [0.15, 0.2) is 24.3 Å². The maximum absolute atomic E-state index is 12.4. The highest BCUT2D eigenvalue weighted by Crippen LogP contribution is 2.30. The van der Waals surface area contributed by atoms with E-state index in [1.165, 1.54) is 4.90 Å². The van der Waals surface area contributed by atoms with Crippen molar-refractivity contribution >= 4 is 12.0 Å². The summed E-state index contributed by atoms with van der Waals surface area (Å²) in [6, 6.07) is 7.02. The number of nitrogens with zero attached hydrogens (tertiary/aromatic N) is 1. The molecule has 1 fully saturated rings. The zero-order valence-electron chi connectivity index (χ0n) is 12.9. The van der Waals surface area contributed by atoms with Crippen LogP contribution in [-0.4, -0.2) is 36.7 Å². The van der Waals surface area contributed by atoms with E-state index in [1.54, 1.807) is 19.2 Å². The fraction of sp³-hybridized carbons (Fsp3) is 0.500. The first-order valence-electron chi connectivity index (χ1n) is 6.94. The van der Waals surface area contributed by atoms with Gasteiger partial charge in [0.15, 0.2) is 0 Å². The van der Waals surface area contributed by atoms with Crippen LogP contribution in [0.4, 0.5) is 4.79 Å². The lowest BCUT2D eigenvalue weighted by Gasteiger charge is -2.30. The molecule has 0 saturated carbocycles. The number of imide groups is 1. The smallest absolute Gasteiger partial charge is 0.417 e. The maximum atomic E-state index is 12.4. The van der Waals surface area contributed by atoms with Gasteiger partial charge in [-0.3, -0.25) is 4.79 Å². The average Bonchev–Trinajstić information content (AvgIpc) is 2.81. The van der Waals surface area contributed by atoms with Gasteiger partial charge in [-0.15, -0.1) is 0 Å². The van der Waals surface area contributed by atoms with Crippen molar-refractivity contribution in [3.63, 3.8) is 0 Å². The van der Waals surface area contributed by atoms with Crippen molar-refractivity contribution in [2.45, 2.75) is 33.2 Å². The Kier molecular flexibility index (Phi) is 4.21. The SMILES string of the molecule is COc1ccc(CC(=O)N2C(=O)OC[C@@H]2C(C)(C)C)cc1. The van der Waals surface area contributed by atoms with Gasteiger partial charge in [0.2, 0.25) is 5.91 Å². The van der Waals surface area contributed by atoms with Crippen LogP contribution < -0.4 is 4.74 Å². The number of rotatable bonds is 3. The predicted molar refractivity (Wildman–Crippen MR) is 78.1 cm³/mol. The van der Waals surface area contributed by atoms with Crippen molar-refractivity contribution < 1.29 is 19.1 Å². The molecule has 0 aliphatic carbocycles. The summed E-state index contributed by atoms with van der Waals surface area (Å²) >= 11 is 0. The standard InChI is InChI=1S/C16H21NO4/c1-16(2,3)13-10-21-15(19)17(13)14(18)9-11-5-7-12(20-4)8-6-11/h5-8,13H,9-10H2,1-4H3/t13-/m1/s1. The van der Waals surface area contributed by atoms with Crippen LogP contribution in [-0.2, 0) is 16.0 Å². The Morgan fingerprint density at radius 3 is 2.48 bits per heavy atom. The molecule has 2 rings (SSSR count). The molecular formula is C16H21NO4. The van der Waals surface area contributed by atoms with E-state index in [0.29, 0.717) is 0 Å². The monoisotopic (exact) mass is 291 g/mol. The topological polar surface area (TPSA) is 55.8 Å². The lowest BCUT2D eigenvalue weighted by molar-refractivity contribution is -0.129. The summed E-state index contributed by atoms with van der Waals surface area (Å²) in [6.07, 6.45) is -0.375. The number of ether oxygens (including phenoxy) is 2. The highest BCUT2D eigenvalue weighted by atomic mass is 16.6. The first-order chi connectivity index (χ1) is 9.82. The third-order valence-electron chi connectivity index (χ3n) is 3.66. The zero-order valence-corrected chi connectivity index (χ0v) is 12.9. The Morgan fingerprint density at radius 2 is 1.95 bits per heavy atom. The van der Waals surface area contributed by atoms with Gasteiger partial charge in [0.05, 0.1) is 19.6 Å². The summed E-state index contributed by atoms with van der Waals surface area (Å²) in [7, 11) is 1.59. The van der Waals surface area contributed by atoms with Crippen molar-refractivity contribution in [1.29, 1.82) is 0 Å². The van der Waals surface area contributed by atoms with Crippen LogP contribution >= 0.6 is 0 Å². The molecule has 114 valence electrons. The van der Waals surface area contributed by atoms with Gasteiger partial charge in [0.1, 0.15) is 12.4 Å².